The number of hydrogen-bond donors (Lipinski definition) is 0. The van der Waals surface area contributed by atoms with E-state index >= 15 is 0 Å². The molecule has 7 heavy (non-hydrogen) atoms. The van der Waals surface area contributed by atoms with Crippen LogP contribution >= 0.6 is 0 Å². The van der Waals surface area contributed by atoms with Gasteiger partial charge in [-0.05, 0) is 18.7 Å². The summed E-state index contributed by atoms with van der Waals surface area (Å²) >= 11 is 3.50. The molecular formula is C6H9S+. The van der Waals surface area contributed by atoms with Crippen LogP contribution in [0.3, 0.4) is 0 Å². The van der Waals surface area contributed by atoms with E-state index in [1.54, 1.807) is 0 Å². The van der Waals surface area contributed by atoms with Gasteiger partial charge in [0.15, 0.2) is 0 Å². The number of allylic oxidation sites excluding steroid dienone is 3. The van der Waals surface area contributed by atoms with Crippen LogP contribution in [0.25, 0.3) is 0 Å². The summed E-state index contributed by atoms with van der Waals surface area (Å²) in [6.07, 6.45) is 9.54. The van der Waals surface area contributed by atoms with E-state index in [0.29, 0.717) is 5.25 Å². The van der Waals surface area contributed by atoms with E-state index in [1.165, 1.54) is 0 Å². The lowest BCUT2D eigenvalue weighted by atomic mass is 10.2. The molecule has 0 spiro atoms. The highest BCUT2D eigenvalue weighted by Crippen LogP contribution is 2.01. The number of rotatable bonds is 0. The molecule has 0 N–H and O–H groups in total. The Kier molecular flexibility index (Phi) is 1.58. The topological polar surface area (TPSA) is 0 Å². The van der Waals surface area contributed by atoms with Gasteiger partial charge >= 0.3 is 0 Å². The maximum Gasteiger partial charge on any atom is 0.135 e. The minimum atomic E-state index is 0.574. The van der Waals surface area contributed by atoms with Crippen LogP contribution in [0.5, 0.6) is 0 Å². The molecule has 0 aromatic heterocycles. The first-order valence-electron chi connectivity index (χ1n) is 2.44. The lowest BCUT2D eigenvalue weighted by Gasteiger charge is -1.95. The zero-order valence-electron chi connectivity index (χ0n) is 4.09. The average Bonchev–Trinajstić information content (AvgIpc) is 1.69. The Bertz CT molecular complexity index is 103. The van der Waals surface area contributed by atoms with Crippen LogP contribution < -0.4 is 0 Å². The van der Waals surface area contributed by atoms with Crippen molar-refractivity contribution in [2.24, 2.45) is 0 Å². The lowest BCUT2D eigenvalue weighted by molar-refractivity contribution is 1.06. The number of hydrogen-bond acceptors (Lipinski definition) is 0. The van der Waals surface area contributed by atoms with Crippen LogP contribution in [-0.2, 0) is 12.6 Å². The zero-order chi connectivity index (χ0) is 5.11. The van der Waals surface area contributed by atoms with Crippen molar-refractivity contribution in [3.05, 3.63) is 24.3 Å². The summed E-state index contributed by atoms with van der Waals surface area (Å²) in [5.74, 6) is 0. The summed E-state index contributed by atoms with van der Waals surface area (Å²) in [5.41, 5.74) is 0. The van der Waals surface area contributed by atoms with Gasteiger partial charge in [0.05, 0.1) is 0 Å². The first-order chi connectivity index (χ1) is 3.39. The third kappa shape index (κ3) is 1.39. The SMILES string of the molecule is [SH2+]C1C=CC=CC1. The highest BCUT2D eigenvalue weighted by molar-refractivity contribution is 7.59. The van der Waals surface area contributed by atoms with Crippen molar-refractivity contribution in [2.45, 2.75) is 11.7 Å². The molecule has 0 saturated heterocycles. The van der Waals surface area contributed by atoms with E-state index in [0.717, 1.165) is 6.42 Å². The third-order valence-corrected chi connectivity index (χ3v) is 1.41. The zero-order valence-corrected chi connectivity index (χ0v) is 5.09. The predicted molar refractivity (Wildman–Crippen MR) is 36.8 cm³/mol. The maximum atomic E-state index is 3.50. The van der Waals surface area contributed by atoms with Crippen molar-refractivity contribution >= 4 is 12.6 Å². The predicted octanol–water partition coefficient (Wildman–Crippen LogP) is 0.883. The summed E-state index contributed by atoms with van der Waals surface area (Å²) < 4.78 is 0. The minimum Gasteiger partial charge on any atom is -0.0793 e. The second kappa shape index (κ2) is 2.22. The van der Waals surface area contributed by atoms with E-state index < -0.39 is 0 Å². The van der Waals surface area contributed by atoms with Gasteiger partial charge in [0.1, 0.15) is 5.25 Å². The van der Waals surface area contributed by atoms with Gasteiger partial charge in [-0.3, -0.25) is 0 Å². The smallest absolute Gasteiger partial charge is 0.0793 e. The Morgan fingerprint density at radius 1 is 1.43 bits per heavy atom. The van der Waals surface area contributed by atoms with Gasteiger partial charge < -0.3 is 0 Å². The molecule has 0 amide bonds. The fourth-order valence-electron chi connectivity index (χ4n) is 0.581. The molecule has 0 bridgehead atoms. The van der Waals surface area contributed by atoms with Crippen LogP contribution in [0.2, 0.25) is 0 Å². The first-order valence-corrected chi connectivity index (χ1v) is 3.02. The van der Waals surface area contributed by atoms with Crippen LogP contribution in [0.4, 0.5) is 0 Å². The van der Waals surface area contributed by atoms with Gasteiger partial charge in [0, 0.05) is 6.42 Å². The normalized spacial score (nSPS) is 28.4. The second-order valence-corrected chi connectivity index (χ2v) is 2.40. The summed E-state index contributed by atoms with van der Waals surface area (Å²) in [7, 11) is 0. The fraction of sp³-hybridized carbons (Fsp3) is 0.333. The van der Waals surface area contributed by atoms with Crippen LogP contribution in [0.15, 0.2) is 24.3 Å². The molecule has 1 atom stereocenters. The molecule has 1 unspecified atom stereocenters. The fourth-order valence-corrected chi connectivity index (χ4v) is 0.828. The quantitative estimate of drug-likeness (QED) is 0.409. The Labute approximate surface area is 49.3 Å². The molecule has 0 saturated carbocycles. The van der Waals surface area contributed by atoms with Crippen molar-refractivity contribution in [3.63, 3.8) is 0 Å². The average molecular weight is 113 g/mol. The molecule has 1 rings (SSSR count). The molecule has 0 aliphatic heterocycles. The molecule has 1 heteroatoms. The van der Waals surface area contributed by atoms with E-state index in [1.807, 2.05) is 0 Å². The summed E-state index contributed by atoms with van der Waals surface area (Å²) in [6, 6.07) is 0. The molecule has 1 aliphatic rings. The van der Waals surface area contributed by atoms with Crippen LogP contribution in [0, 0.1) is 0 Å². The maximum absolute atomic E-state index is 3.50. The van der Waals surface area contributed by atoms with Crippen LogP contribution in [-0.4, -0.2) is 5.25 Å². The minimum absolute atomic E-state index is 0.574. The Morgan fingerprint density at radius 2 is 2.29 bits per heavy atom. The van der Waals surface area contributed by atoms with Crippen LogP contribution in [0.1, 0.15) is 6.42 Å². The van der Waals surface area contributed by atoms with Gasteiger partial charge in [-0.2, -0.15) is 0 Å². The van der Waals surface area contributed by atoms with Crippen molar-refractivity contribution < 1.29 is 0 Å². The van der Waals surface area contributed by atoms with Crippen molar-refractivity contribution in [3.8, 4) is 0 Å². The Morgan fingerprint density at radius 3 is 2.57 bits per heavy atom. The van der Waals surface area contributed by atoms with Crippen molar-refractivity contribution in [2.75, 3.05) is 0 Å². The summed E-state index contributed by atoms with van der Waals surface area (Å²) in [4.78, 5) is 0. The van der Waals surface area contributed by atoms with E-state index in [2.05, 4.69) is 36.9 Å². The molecule has 0 radical (unpaired) electrons. The molecule has 38 valence electrons. The molecule has 0 fully saturated rings. The van der Waals surface area contributed by atoms with Gasteiger partial charge in [0.2, 0.25) is 0 Å². The van der Waals surface area contributed by atoms with E-state index in [4.69, 9.17) is 0 Å². The lowest BCUT2D eigenvalue weighted by Crippen LogP contribution is -1.97. The van der Waals surface area contributed by atoms with Gasteiger partial charge in [0.25, 0.3) is 0 Å². The summed E-state index contributed by atoms with van der Waals surface area (Å²) in [6.45, 7) is 0. The Hall–Kier alpha value is -0.170. The van der Waals surface area contributed by atoms with Crippen molar-refractivity contribution in [1.29, 1.82) is 0 Å². The van der Waals surface area contributed by atoms with Crippen molar-refractivity contribution in [1.82, 2.24) is 0 Å². The molecule has 0 nitrogen and oxygen atoms in total. The van der Waals surface area contributed by atoms with E-state index in [-0.39, 0.29) is 0 Å². The highest BCUT2D eigenvalue weighted by atomic mass is 32.1. The standard InChI is InChI=1S/C6H8S/c7-6-4-2-1-3-5-6/h1-4,6-7H,5H2/p+1. The van der Waals surface area contributed by atoms with Gasteiger partial charge in [-0.15, -0.1) is 0 Å². The van der Waals surface area contributed by atoms with E-state index in [9.17, 15) is 0 Å². The molecular weight excluding hydrogens is 104 g/mol. The first kappa shape index (κ1) is 4.98. The third-order valence-electron chi connectivity index (χ3n) is 0.981. The Balaban J connectivity index is 2.49. The molecule has 0 heterocycles. The molecule has 1 aliphatic carbocycles. The van der Waals surface area contributed by atoms with Gasteiger partial charge in [-0.1, -0.05) is 18.2 Å². The molecule has 0 aromatic rings. The highest BCUT2D eigenvalue weighted by Gasteiger charge is 2.00. The monoisotopic (exact) mass is 113 g/mol. The van der Waals surface area contributed by atoms with Gasteiger partial charge in [-0.25, -0.2) is 0 Å². The largest absolute Gasteiger partial charge is 0.135 e. The second-order valence-electron chi connectivity index (χ2n) is 1.66. The molecule has 0 aromatic carbocycles. The summed E-state index contributed by atoms with van der Waals surface area (Å²) in [5, 5.41) is 0.574.